The van der Waals surface area contributed by atoms with Crippen molar-refractivity contribution >= 4 is 11.3 Å². The Morgan fingerprint density at radius 1 is 1.42 bits per heavy atom. The lowest BCUT2D eigenvalue weighted by Gasteiger charge is -1.91. The number of imidazole rings is 1. The molecule has 2 heterocycles. The molecule has 0 fully saturated rings. The van der Waals surface area contributed by atoms with Crippen molar-refractivity contribution in [2.45, 2.75) is 6.92 Å². The Labute approximate surface area is 73.1 Å². The third-order valence-corrected chi connectivity index (χ3v) is 2.57. The summed E-state index contributed by atoms with van der Waals surface area (Å²) in [7, 11) is 0. The molecule has 12 heavy (non-hydrogen) atoms. The Bertz CT molecular complexity index is 424. The van der Waals surface area contributed by atoms with Crippen molar-refractivity contribution in [1.82, 2.24) is 9.97 Å². The van der Waals surface area contributed by atoms with Gasteiger partial charge >= 0.3 is 5.69 Å². The highest BCUT2D eigenvalue weighted by Gasteiger charge is 2.04. The minimum atomic E-state index is -0.143. The predicted octanol–water partition coefficient (Wildman–Crippen LogP) is 1.74. The zero-order chi connectivity index (χ0) is 8.55. The Hall–Kier alpha value is -1.29. The summed E-state index contributed by atoms with van der Waals surface area (Å²) in [6.07, 6.45) is 0. The third kappa shape index (κ3) is 1.10. The minimum Gasteiger partial charge on any atom is -0.310 e. The van der Waals surface area contributed by atoms with Crippen molar-refractivity contribution in [2.75, 3.05) is 0 Å². The molecule has 0 saturated heterocycles. The first-order valence-electron chi connectivity index (χ1n) is 3.60. The molecule has 4 heteroatoms. The van der Waals surface area contributed by atoms with E-state index in [1.165, 1.54) is 0 Å². The van der Waals surface area contributed by atoms with Crippen LogP contribution in [0, 0.1) is 6.92 Å². The van der Waals surface area contributed by atoms with E-state index >= 15 is 0 Å². The summed E-state index contributed by atoms with van der Waals surface area (Å²) in [6.45, 7) is 1.88. The van der Waals surface area contributed by atoms with Crippen LogP contribution in [-0.4, -0.2) is 9.97 Å². The van der Waals surface area contributed by atoms with E-state index in [9.17, 15) is 4.79 Å². The molecule has 0 spiro atoms. The maximum atomic E-state index is 10.9. The van der Waals surface area contributed by atoms with Crippen LogP contribution < -0.4 is 5.69 Å². The van der Waals surface area contributed by atoms with Crippen LogP contribution in [0.5, 0.6) is 0 Å². The summed E-state index contributed by atoms with van der Waals surface area (Å²) in [4.78, 5) is 17.4. The fraction of sp³-hybridized carbons (Fsp3) is 0.125. The standard InChI is InChI=1S/C8H8N2OS/c1-5-7(10-8(11)9-5)6-3-2-4-12-6/h2-4H,1H3,(H2,9,10,11). The molecule has 0 unspecified atom stereocenters. The molecule has 0 aliphatic heterocycles. The van der Waals surface area contributed by atoms with Crippen LogP contribution in [0.4, 0.5) is 0 Å². The molecule has 0 aliphatic rings. The summed E-state index contributed by atoms with van der Waals surface area (Å²) < 4.78 is 0. The zero-order valence-electron chi connectivity index (χ0n) is 6.55. The summed E-state index contributed by atoms with van der Waals surface area (Å²) in [6, 6.07) is 3.95. The minimum absolute atomic E-state index is 0.143. The van der Waals surface area contributed by atoms with Gasteiger partial charge in [-0.15, -0.1) is 11.3 Å². The van der Waals surface area contributed by atoms with Crippen LogP contribution >= 0.6 is 11.3 Å². The van der Waals surface area contributed by atoms with Crippen LogP contribution in [0.1, 0.15) is 5.69 Å². The molecule has 3 nitrogen and oxygen atoms in total. The van der Waals surface area contributed by atoms with Gasteiger partial charge < -0.3 is 9.97 Å². The topological polar surface area (TPSA) is 48.6 Å². The molecule has 0 amide bonds. The van der Waals surface area contributed by atoms with Crippen molar-refractivity contribution < 1.29 is 0 Å². The summed E-state index contributed by atoms with van der Waals surface area (Å²) >= 11 is 1.61. The molecular weight excluding hydrogens is 172 g/mol. The number of aryl methyl sites for hydroxylation is 1. The Morgan fingerprint density at radius 2 is 2.25 bits per heavy atom. The number of rotatable bonds is 1. The van der Waals surface area contributed by atoms with Crippen LogP contribution in [0.2, 0.25) is 0 Å². The van der Waals surface area contributed by atoms with E-state index in [0.29, 0.717) is 0 Å². The van der Waals surface area contributed by atoms with Crippen molar-refractivity contribution in [3.05, 3.63) is 33.7 Å². The molecule has 0 atom stereocenters. The highest BCUT2D eigenvalue weighted by molar-refractivity contribution is 7.13. The summed E-state index contributed by atoms with van der Waals surface area (Å²) in [5.74, 6) is 0. The van der Waals surface area contributed by atoms with E-state index in [2.05, 4.69) is 9.97 Å². The van der Waals surface area contributed by atoms with Gasteiger partial charge in [-0.25, -0.2) is 4.79 Å². The van der Waals surface area contributed by atoms with E-state index in [4.69, 9.17) is 0 Å². The molecule has 0 aromatic carbocycles. The van der Waals surface area contributed by atoms with Gasteiger partial charge in [0, 0.05) is 5.69 Å². The second-order valence-corrected chi connectivity index (χ2v) is 3.50. The number of nitrogens with one attached hydrogen (secondary N) is 2. The quantitative estimate of drug-likeness (QED) is 0.690. The third-order valence-electron chi connectivity index (χ3n) is 1.68. The lowest BCUT2D eigenvalue weighted by atomic mass is 10.3. The molecule has 0 radical (unpaired) electrons. The number of hydrogen-bond acceptors (Lipinski definition) is 2. The van der Waals surface area contributed by atoms with Gasteiger partial charge in [-0.3, -0.25) is 0 Å². The first-order chi connectivity index (χ1) is 5.77. The first kappa shape index (κ1) is 7.36. The second kappa shape index (κ2) is 2.64. The zero-order valence-corrected chi connectivity index (χ0v) is 7.37. The van der Waals surface area contributed by atoms with Gasteiger partial charge in [-0.05, 0) is 18.4 Å². The number of thiophene rings is 1. The number of aromatic nitrogens is 2. The van der Waals surface area contributed by atoms with Crippen LogP contribution in [0.3, 0.4) is 0 Å². The molecule has 0 bridgehead atoms. The van der Waals surface area contributed by atoms with Crippen molar-refractivity contribution in [3.8, 4) is 10.6 Å². The van der Waals surface area contributed by atoms with E-state index in [1.54, 1.807) is 11.3 Å². The number of H-pyrrole nitrogens is 2. The van der Waals surface area contributed by atoms with Crippen LogP contribution in [-0.2, 0) is 0 Å². The maximum Gasteiger partial charge on any atom is 0.323 e. The van der Waals surface area contributed by atoms with Crippen LogP contribution in [0.25, 0.3) is 10.6 Å². The van der Waals surface area contributed by atoms with Crippen molar-refractivity contribution in [3.63, 3.8) is 0 Å². The Kier molecular flexibility index (Phi) is 1.62. The van der Waals surface area contributed by atoms with Gasteiger partial charge in [0.05, 0.1) is 10.6 Å². The summed E-state index contributed by atoms with van der Waals surface area (Å²) in [5, 5.41) is 1.99. The second-order valence-electron chi connectivity index (χ2n) is 2.56. The van der Waals surface area contributed by atoms with E-state index in [1.807, 2.05) is 24.4 Å². The fourth-order valence-corrected chi connectivity index (χ4v) is 1.92. The first-order valence-corrected chi connectivity index (χ1v) is 4.48. The summed E-state index contributed by atoms with van der Waals surface area (Å²) in [5.41, 5.74) is 1.65. The molecule has 0 aliphatic carbocycles. The van der Waals surface area contributed by atoms with E-state index < -0.39 is 0 Å². The molecule has 2 aromatic rings. The molecule has 2 aromatic heterocycles. The average molecular weight is 180 g/mol. The highest BCUT2D eigenvalue weighted by Crippen LogP contribution is 2.23. The largest absolute Gasteiger partial charge is 0.323 e. The van der Waals surface area contributed by atoms with Gasteiger partial charge in [0.25, 0.3) is 0 Å². The lowest BCUT2D eigenvalue weighted by Crippen LogP contribution is -2.00. The molecular formula is C8H8N2OS. The SMILES string of the molecule is Cc1[nH]c(=O)[nH]c1-c1cccs1. The fourth-order valence-electron chi connectivity index (χ4n) is 1.14. The Balaban J connectivity index is 2.61. The lowest BCUT2D eigenvalue weighted by molar-refractivity contribution is 1.16. The Morgan fingerprint density at radius 3 is 2.75 bits per heavy atom. The van der Waals surface area contributed by atoms with E-state index in [-0.39, 0.29) is 5.69 Å². The van der Waals surface area contributed by atoms with Gasteiger partial charge in [-0.2, -0.15) is 0 Å². The predicted molar refractivity (Wildman–Crippen MR) is 49.5 cm³/mol. The van der Waals surface area contributed by atoms with Gasteiger partial charge in [0.15, 0.2) is 0 Å². The van der Waals surface area contributed by atoms with Gasteiger partial charge in [0.1, 0.15) is 0 Å². The molecule has 0 saturated carbocycles. The number of hydrogen-bond donors (Lipinski definition) is 2. The highest BCUT2D eigenvalue weighted by atomic mass is 32.1. The monoisotopic (exact) mass is 180 g/mol. The molecule has 2 rings (SSSR count). The van der Waals surface area contributed by atoms with Crippen LogP contribution in [0.15, 0.2) is 22.3 Å². The molecule has 62 valence electrons. The van der Waals surface area contributed by atoms with E-state index in [0.717, 1.165) is 16.3 Å². The normalized spacial score (nSPS) is 10.4. The smallest absolute Gasteiger partial charge is 0.310 e. The van der Waals surface area contributed by atoms with Crippen molar-refractivity contribution in [2.24, 2.45) is 0 Å². The van der Waals surface area contributed by atoms with Gasteiger partial charge in [-0.1, -0.05) is 6.07 Å². The average Bonchev–Trinajstić information content (AvgIpc) is 2.58. The number of aromatic amines is 2. The van der Waals surface area contributed by atoms with Gasteiger partial charge in [0.2, 0.25) is 0 Å². The molecule has 2 N–H and O–H groups in total. The maximum absolute atomic E-state index is 10.9. The van der Waals surface area contributed by atoms with Crippen molar-refractivity contribution in [1.29, 1.82) is 0 Å².